The molecule has 172 valence electrons. The van der Waals surface area contributed by atoms with E-state index in [1.54, 1.807) is 48.0 Å². The van der Waals surface area contributed by atoms with Crippen molar-refractivity contribution in [3.63, 3.8) is 0 Å². The third-order valence-electron chi connectivity index (χ3n) is 5.71. The maximum absolute atomic E-state index is 13.8. The molecule has 0 saturated carbocycles. The van der Waals surface area contributed by atoms with Gasteiger partial charge < -0.3 is 14.7 Å². The Balaban J connectivity index is 1.57. The molecule has 3 aromatic rings. The lowest BCUT2D eigenvalue weighted by atomic mass is 10.1. The normalized spacial score (nSPS) is 19.6. The zero-order valence-electron chi connectivity index (χ0n) is 18.9. The number of hydrogen-bond donors (Lipinski definition) is 1. The van der Waals surface area contributed by atoms with Crippen LogP contribution in [0.25, 0.3) is 0 Å². The molecule has 1 N–H and O–H groups in total. The minimum absolute atomic E-state index is 0.129. The second-order valence-corrected chi connectivity index (χ2v) is 9.89. The second kappa shape index (κ2) is 9.12. The summed E-state index contributed by atoms with van der Waals surface area (Å²) >= 11 is 2.95. The first kappa shape index (κ1) is 22.4. The van der Waals surface area contributed by atoms with Crippen molar-refractivity contribution in [3.05, 3.63) is 88.3 Å². The van der Waals surface area contributed by atoms with E-state index in [9.17, 15) is 9.90 Å². The molecule has 1 unspecified atom stereocenters. The fourth-order valence-electron chi connectivity index (χ4n) is 3.84. The van der Waals surface area contributed by atoms with Gasteiger partial charge in [-0.15, -0.1) is 0 Å². The number of hydrogen-bond acceptors (Lipinski definition) is 7. The SMILES string of the molecule is COc1ccc2c(c1)N(C)/C(=C1/SC(=NC(C)c3ccccc3)N(c3ccc(O)cc3)C1=O)S2. The lowest BCUT2D eigenvalue weighted by Crippen LogP contribution is -2.29. The molecule has 0 bridgehead atoms. The predicted molar refractivity (Wildman–Crippen MR) is 140 cm³/mol. The van der Waals surface area contributed by atoms with Gasteiger partial charge in [-0.25, -0.2) is 0 Å². The molecule has 0 radical (unpaired) electrons. The van der Waals surface area contributed by atoms with E-state index in [4.69, 9.17) is 9.73 Å². The third kappa shape index (κ3) is 4.03. The second-order valence-electron chi connectivity index (χ2n) is 7.89. The van der Waals surface area contributed by atoms with Crippen LogP contribution in [-0.2, 0) is 4.79 Å². The predicted octanol–water partition coefficient (Wildman–Crippen LogP) is 6.01. The van der Waals surface area contributed by atoms with Crippen LogP contribution in [0.2, 0.25) is 0 Å². The molecule has 0 aliphatic carbocycles. The molecule has 2 heterocycles. The number of phenols is 1. The van der Waals surface area contributed by atoms with Crippen LogP contribution in [0, 0.1) is 0 Å². The highest BCUT2D eigenvalue weighted by atomic mass is 32.2. The number of fused-ring (bicyclic) bond motifs is 1. The van der Waals surface area contributed by atoms with Crippen molar-refractivity contribution in [2.24, 2.45) is 4.99 Å². The molecule has 6 nitrogen and oxygen atoms in total. The van der Waals surface area contributed by atoms with E-state index in [1.807, 2.05) is 67.4 Å². The Kier molecular flexibility index (Phi) is 6.02. The topological polar surface area (TPSA) is 65.4 Å². The van der Waals surface area contributed by atoms with Crippen LogP contribution in [-0.4, -0.2) is 30.3 Å². The summed E-state index contributed by atoms with van der Waals surface area (Å²) < 4.78 is 5.39. The van der Waals surface area contributed by atoms with Gasteiger partial charge in [0.05, 0.1) is 29.6 Å². The van der Waals surface area contributed by atoms with Gasteiger partial charge >= 0.3 is 0 Å². The number of phenolic OH excluding ortho intramolecular Hbond substituents is 1. The highest BCUT2D eigenvalue weighted by Crippen LogP contribution is 2.51. The number of carbonyl (C=O) groups excluding carboxylic acids is 1. The Labute approximate surface area is 206 Å². The fraction of sp³-hybridized carbons (Fsp3) is 0.154. The molecule has 5 rings (SSSR count). The summed E-state index contributed by atoms with van der Waals surface area (Å²) in [6, 6.07) is 22.4. The molecule has 2 aliphatic rings. The maximum Gasteiger partial charge on any atom is 0.274 e. The monoisotopic (exact) mass is 489 g/mol. The number of ether oxygens (including phenoxy) is 1. The first-order chi connectivity index (χ1) is 16.5. The maximum atomic E-state index is 13.8. The summed E-state index contributed by atoms with van der Waals surface area (Å²) in [5, 5.41) is 11.2. The van der Waals surface area contributed by atoms with Crippen molar-refractivity contribution in [3.8, 4) is 11.5 Å². The zero-order chi connectivity index (χ0) is 23.8. The molecule has 2 aliphatic heterocycles. The highest BCUT2D eigenvalue weighted by molar-refractivity contribution is 8.20. The van der Waals surface area contributed by atoms with E-state index >= 15 is 0 Å². The van der Waals surface area contributed by atoms with Gasteiger partial charge in [0.1, 0.15) is 16.4 Å². The molecule has 0 aromatic heterocycles. The molecule has 8 heteroatoms. The first-order valence-electron chi connectivity index (χ1n) is 10.7. The van der Waals surface area contributed by atoms with Gasteiger partial charge in [-0.2, -0.15) is 0 Å². The number of carbonyl (C=O) groups is 1. The van der Waals surface area contributed by atoms with Gasteiger partial charge in [0.2, 0.25) is 0 Å². The molecular formula is C26H23N3O3S2. The van der Waals surface area contributed by atoms with Crippen LogP contribution in [0.5, 0.6) is 11.5 Å². The van der Waals surface area contributed by atoms with E-state index in [0.717, 1.165) is 26.9 Å². The number of nitrogens with zero attached hydrogens (tertiary/aromatic N) is 3. The number of rotatable bonds is 4. The van der Waals surface area contributed by atoms with E-state index < -0.39 is 0 Å². The average molecular weight is 490 g/mol. The number of amides is 1. The largest absolute Gasteiger partial charge is 0.508 e. The molecule has 1 saturated heterocycles. The van der Waals surface area contributed by atoms with Crippen molar-refractivity contribution in [1.29, 1.82) is 0 Å². The highest BCUT2D eigenvalue weighted by Gasteiger charge is 2.40. The molecule has 1 fully saturated rings. The number of thioether (sulfide) groups is 2. The molecule has 1 amide bonds. The summed E-state index contributed by atoms with van der Waals surface area (Å²) in [6.07, 6.45) is 0. The number of anilines is 2. The lowest BCUT2D eigenvalue weighted by Gasteiger charge is -2.18. The minimum atomic E-state index is -0.135. The van der Waals surface area contributed by atoms with Gasteiger partial charge in [0.25, 0.3) is 5.91 Å². The summed E-state index contributed by atoms with van der Waals surface area (Å²) in [6.45, 7) is 2.02. The molecule has 0 spiro atoms. The van der Waals surface area contributed by atoms with E-state index in [-0.39, 0.29) is 17.7 Å². The average Bonchev–Trinajstić information content (AvgIpc) is 3.35. The van der Waals surface area contributed by atoms with Crippen molar-refractivity contribution in [2.45, 2.75) is 17.9 Å². The van der Waals surface area contributed by atoms with Crippen LogP contribution in [0.15, 0.2) is 92.6 Å². The van der Waals surface area contributed by atoms with E-state index in [0.29, 0.717) is 15.8 Å². The number of methoxy groups -OCH3 is 1. The van der Waals surface area contributed by atoms with Gasteiger partial charge in [-0.05, 0) is 60.6 Å². The zero-order valence-corrected chi connectivity index (χ0v) is 20.6. The van der Waals surface area contributed by atoms with Crippen LogP contribution >= 0.6 is 23.5 Å². The smallest absolute Gasteiger partial charge is 0.274 e. The molecular weight excluding hydrogens is 466 g/mol. The Bertz CT molecular complexity index is 1310. The lowest BCUT2D eigenvalue weighted by molar-refractivity contribution is -0.113. The van der Waals surface area contributed by atoms with Crippen LogP contribution < -0.4 is 14.5 Å². The summed E-state index contributed by atoms with van der Waals surface area (Å²) in [7, 11) is 3.60. The van der Waals surface area contributed by atoms with Crippen LogP contribution in [0.4, 0.5) is 11.4 Å². The van der Waals surface area contributed by atoms with E-state index in [2.05, 4.69) is 0 Å². The minimum Gasteiger partial charge on any atom is -0.508 e. The standard InChI is InChI=1S/C26H23N3O3S2/c1-16(17-7-5-4-6-8-17)27-26-29(18-9-11-19(30)12-10-18)24(31)23(34-26)25-28(2)21-15-20(32-3)13-14-22(21)33-25/h4-16,30H,1-3H3/b25-23-,27-26?. The Hall–Kier alpha value is -3.36. The first-order valence-corrected chi connectivity index (χ1v) is 12.4. The Morgan fingerprint density at radius 3 is 2.44 bits per heavy atom. The van der Waals surface area contributed by atoms with Gasteiger partial charge in [0, 0.05) is 18.0 Å². The van der Waals surface area contributed by atoms with Crippen molar-refractivity contribution < 1.29 is 14.6 Å². The van der Waals surface area contributed by atoms with Crippen LogP contribution in [0.3, 0.4) is 0 Å². The number of aliphatic imine (C=N–C) groups is 1. The molecule has 34 heavy (non-hydrogen) atoms. The number of benzene rings is 3. The van der Waals surface area contributed by atoms with Gasteiger partial charge in [-0.1, -0.05) is 42.1 Å². The summed E-state index contributed by atoms with van der Waals surface area (Å²) in [4.78, 5) is 24.1. The Morgan fingerprint density at radius 2 is 1.74 bits per heavy atom. The molecule has 3 aromatic carbocycles. The Morgan fingerprint density at radius 1 is 1.00 bits per heavy atom. The summed E-state index contributed by atoms with van der Waals surface area (Å²) in [5.74, 6) is 0.782. The van der Waals surface area contributed by atoms with Crippen molar-refractivity contribution in [2.75, 3.05) is 24.0 Å². The van der Waals surface area contributed by atoms with E-state index in [1.165, 1.54) is 11.8 Å². The third-order valence-corrected chi connectivity index (χ3v) is 8.12. The van der Waals surface area contributed by atoms with Crippen LogP contribution in [0.1, 0.15) is 18.5 Å². The summed E-state index contributed by atoms with van der Waals surface area (Å²) in [5.41, 5.74) is 2.73. The van der Waals surface area contributed by atoms with Gasteiger partial charge in [0.15, 0.2) is 5.17 Å². The van der Waals surface area contributed by atoms with Gasteiger partial charge in [-0.3, -0.25) is 14.7 Å². The molecule has 1 atom stereocenters. The van der Waals surface area contributed by atoms with Crippen molar-refractivity contribution >= 4 is 46.0 Å². The number of amidine groups is 1. The fourth-order valence-corrected chi connectivity index (χ4v) is 6.23. The number of aromatic hydroxyl groups is 1. The quantitative estimate of drug-likeness (QED) is 0.453. The van der Waals surface area contributed by atoms with Crippen molar-refractivity contribution in [1.82, 2.24) is 0 Å².